The fraction of sp³-hybridized carbons (Fsp3) is 0.259. The molecule has 1 aliphatic rings. The summed E-state index contributed by atoms with van der Waals surface area (Å²) in [7, 11) is -3.79. The third kappa shape index (κ3) is 5.93. The number of amides is 1. The molecule has 1 fully saturated rings. The van der Waals surface area contributed by atoms with Gasteiger partial charge in [-0.15, -0.1) is 0 Å². The van der Waals surface area contributed by atoms with Crippen molar-refractivity contribution in [2.24, 2.45) is 0 Å². The zero-order valence-corrected chi connectivity index (χ0v) is 22.2. The van der Waals surface area contributed by atoms with E-state index in [1.54, 1.807) is 53.8 Å². The average Bonchev–Trinajstić information content (AvgIpc) is 3.33. The lowest BCUT2D eigenvalue weighted by Gasteiger charge is -2.34. The molecule has 0 aliphatic carbocycles. The second-order valence-electron chi connectivity index (χ2n) is 9.02. The van der Waals surface area contributed by atoms with Crippen molar-refractivity contribution < 1.29 is 13.2 Å². The summed E-state index contributed by atoms with van der Waals surface area (Å²) in [6, 6.07) is 21.1. The number of sulfonamides is 1. The molecular weight excluding hydrogens is 506 g/mol. The van der Waals surface area contributed by atoms with E-state index in [0.717, 1.165) is 43.4 Å². The smallest absolute Gasteiger partial charge is 0.261 e. The number of carbonyl (C=O) groups excluding carboxylic acids is 1. The molecule has 1 saturated heterocycles. The number of piperazine rings is 1. The number of hydrogen-bond donors (Lipinski definition) is 2. The molecule has 0 saturated carbocycles. The molecule has 5 rings (SSSR count). The zero-order chi connectivity index (χ0) is 25.8. The molecule has 1 amide bonds. The third-order valence-electron chi connectivity index (χ3n) is 6.36. The van der Waals surface area contributed by atoms with Crippen molar-refractivity contribution in [3.63, 3.8) is 0 Å². The van der Waals surface area contributed by atoms with Gasteiger partial charge in [0.05, 0.1) is 26.4 Å². The van der Waals surface area contributed by atoms with Gasteiger partial charge in [0.15, 0.2) is 5.13 Å². The van der Waals surface area contributed by atoms with Crippen LogP contribution in [0.4, 0.5) is 10.8 Å². The summed E-state index contributed by atoms with van der Waals surface area (Å²) in [5.41, 5.74) is 2.83. The quantitative estimate of drug-likeness (QED) is 0.355. The van der Waals surface area contributed by atoms with Gasteiger partial charge in [0, 0.05) is 39.3 Å². The van der Waals surface area contributed by atoms with Crippen LogP contribution in [0.1, 0.15) is 15.9 Å². The van der Waals surface area contributed by atoms with Gasteiger partial charge in [0.2, 0.25) is 0 Å². The number of nitrogens with one attached hydrogen (secondary N) is 2. The fourth-order valence-corrected chi connectivity index (χ4v) is 6.53. The summed E-state index contributed by atoms with van der Waals surface area (Å²) < 4.78 is 29.2. The first-order chi connectivity index (χ1) is 17.9. The van der Waals surface area contributed by atoms with Gasteiger partial charge in [-0.25, -0.2) is 13.4 Å². The maximum absolute atomic E-state index is 12.9. The molecule has 0 spiro atoms. The highest BCUT2D eigenvalue weighted by atomic mass is 32.2. The van der Waals surface area contributed by atoms with Gasteiger partial charge in [-0.05, 0) is 48.9 Å². The molecule has 4 aromatic rings. The van der Waals surface area contributed by atoms with Crippen LogP contribution in [0.3, 0.4) is 0 Å². The van der Waals surface area contributed by atoms with E-state index >= 15 is 0 Å². The number of aromatic nitrogens is 1. The van der Waals surface area contributed by atoms with E-state index in [9.17, 15) is 13.2 Å². The number of para-hydroxylation sites is 1. The number of rotatable bonds is 8. The Labute approximate surface area is 221 Å². The summed E-state index contributed by atoms with van der Waals surface area (Å²) >= 11 is 1.73. The lowest BCUT2D eigenvalue weighted by atomic mass is 10.1. The predicted molar refractivity (Wildman–Crippen MR) is 149 cm³/mol. The first-order valence-electron chi connectivity index (χ1n) is 12.2. The van der Waals surface area contributed by atoms with E-state index < -0.39 is 10.0 Å². The van der Waals surface area contributed by atoms with Crippen LogP contribution >= 0.6 is 11.3 Å². The Morgan fingerprint density at radius 3 is 2.49 bits per heavy atom. The van der Waals surface area contributed by atoms with Gasteiger partial charge in [0.1, 0.15) is 0 Å². The van der Waals surface area contributed by atoms with E-state index in [2.05, 4.69) is 45.0 Å². The maximum atomic E-state index is 12.9. The number of nitrogens with zero attached hydrogens (tertiary/aromatic N) is 3. The topological polar surface area (TPSA) is 94.6 Å². The Hall–Kier alpha value is -3.47. The molecule has 0 unspecified atom stereocenters. The number of aryl methyl sites for hydroxylation is 1. The molecular formula is C27H29N5O3S2. The first-order valence-corrected chi connectivity index (χ1v) is 14.5. The van der Waals surface area contributed by atoms with Crippen LogP contribution in [0, 0.1) is 6.92 Å². The molecule has 0 atom stereocenters. The first kappa shape index (κ1) is 25.2. The number of benzene rings is 3. The third-order valence-corrected chi connectivity index (χ3v) is 8.82. The zero-order valence-electron chi connectivity index (χ0n) is 20.6. The summed E-state index contributed by atoms with van der Waals surface area (Å²) in [4.78, 5) is 22.5. The maximum Gasteiger partial charge on any atom is 0.261 e. The van der Waals surface area contributed by atoms with E-state index in [1.165, 1.54) is 22.4 Å². The van der Waals surface area contributed by atoms with E-state index in [-0.39, 0.29) is 22.1 Å². The second-order valence-corrected chi connectivity index (χ2v) is 11.7. The molecule has 2 heterocycles. The van der Waals surface area contributed by atoms with Crippen LogP contribution in [0.15, 0.2) is 77.7 Å². The monoisotopic (exact) mass is 535 g/mol. The van der Waals surface area contributed by atoms with Crippen LogP contribution < -0.4 is 14.9 Å². The van der Waals surface area contributed by atoms with E-state index in [0.29, 0.717) is 6.54 Å². The Bertz CT molecular complexity index is 1500. The lowest BCUT2D eigenvalue weighted by Crippen LogP contribution is -2.48. The van der Waals surface area contributed by atoms with Crippen molar-refractivity contribution >= 4 is 48.3 Å². The van der Waals surface area contributed by atoms with Gasteiger partial charge in [0.25, 0.3) is 15.9 Å². The minimum Gasteiger partial charge on any atom is -0.351 e. The van der Waals surface area contributed by atoms with Gasteiger partial charge < -0.3 is 10.2 Å². The largest absolute Gasteiger partial charge is 0.351 e. The van der Waals surface area contributed by atoms with Gasteiger partial charge in [-0.1, -0.05) is 47.7 Å². The molecule has 3 aromatic carbocycles. The summed E-state index contributed by atoms with van der Waals surface area (Å²) in [6.45, 7) is 6.83. The summed E-state index contributed by atoms with van der Waals surface area (Å²) in [5, 5.41) is 4.00. The molecule has 8 nitrogen and oxygen atoms in total. The molecule has 37 heavy (non-hydrogen) atoms. The van der Waals surface area contributed by atoms with Crippen molar-refractivity contribution in [3.05, 3.63) is 83.9 Å². The summed E-state index contributed by atoms with van der Waals surface area (Å²) in [6.07, 6.45) is 0. The highest BCUT2D eigenvalue weighted by Gasteiger charge is 2.21. The van der Waals surface area contributed by atoms with Crippen molar-refractivity contribution in [2.75, 3.05) is 48.9 Å². The average molecular weight is 536 g/mol. The Balaban J connectivity index is 1.13. The van der Waals surface area contributed by atoms with E-state index in [4.69, 9.17) is 4.98 Å². The Kier molecular flexibility index (Phi) is 7.40. The fourth-order valence-electron chi connectivity index (χ4n) is 4.31. The van der Waals surface area contributed by atoms with Crippen molar-refractivity contribution in [3.8, 4) is 0 Å². The van der Waals surface area contributed by atoms with Crippen LogP contribution in [0.2, 0.25) is 0 Å². The predicted octanol–water partition coefficient (Wildman–Crippen LogP) is 3.96. The highest BCUT2D eigenvalue weighted by Crippen LogP contribution is 2.30. The standard InChI is InChI=1S/C27H29N5O3S2/c1-20-11-12-24-25(19-20)36-27(29-24)32-17-15-31(16-18-32)14-13-28-26(33)22-9-5-6-10-23(22)30-37(34,35)21-7-3-2-4-8-21/h2-12,19,30H,13-18H2,1H3,(H,28,33). The molecule has 1 aliphatic heterocycles. The molecule has 0 bridgehead atoms. The van der Waals surface area contributed by atoms with Crippen molar-refractivity contribution in [1.82, 2.24) is 15.2 Å². The minimum absolute atomic E-state index is 0.144. The number of carbonyl (C=O) groups is 1. The van der Waals surface area contributed by atoms with Gasteiger partial charge >= 0.3 is 0 Å². The number of anilines is 2. The number of hydrogen-bond acceptors (Lipinski definition) is 7. The van der Waals surface area contributed by atoms with Crippen LogP contribution in [-0.2, 0) is 10.0 Å². The van der Waals surface area contributed by atoms with Crippen molar-refractivity contribution in [2.45, 2.75) is 11.8 Å². The molecule has 0 radical (unpaired) electrons. The molecule has 1 aromatic heterocycles. The van der Waals surface area contributed by atoms with Gasteiger partial charge in [-0.3, -0.25) is 14.4 Å². The Morgan fingerprint density at radius 2 is 1.70 bits per heavy atom. The Morgan fingerprint density at radius 1 is 0.973 bits per heavy atom. The van der Waals surface area contributed by atoms with Crippen LogP contribution in [0.5, 0.6) is 0 Å². The van der Waals surface area contributed by atoms with E-state index in [1.807, 2.05) is 0 Å². The minimum atomic E-state index is -3.79. The van der Waals surface area contributed by atoms with Gasteiger partial charge in [-0.2, -0.15) is 0 Å². The van der Waals surface area contributed by atoms with Crippen LogP contribution in [0.25, 0.3) is 10.2 Å². The summed E-state index contributed by atoms with van der Waals surface area (Å²) in [5.74, 6) is -0.310. The number of fused-ring (bicyclic) bond motifs is 1. The normalized spacial score (nSPS) is 14.6. The lowest BCUT2D eigenvalue weighted by molar-refractivity contribution is 0.0948. The molecule has 2 N–H and O–H groups in total. The van der Waals surface area contributed by atoms with Crippen LogP contribution in [-0.4, -0.2) is 63.5 Å². The molecule has 192 valence electrons. The second kappa shape index (κ2) is 10.9. The number of thiazole rings is 1. The highest BCUT2D eigenvalue weighted by molar-refractivity contribution is 7.92. The SMILES string of the molecule is Cc1ccc2nc(N3CCN(CCNC(=O)c4ccccc4NS(=O)(=O)c4ccccc4)CC3)sc2c1. The van der Waals surface area contributed by atoms with Crippen molar-refractivity contribution in [1.29, 1.82) is 0 Å². The molecule has 10 heteroatoms.